The Morgan fingerprint density at radius 1 is 1.33 bits per heavy atom. The molecule has 2 rings (SSSR count). The molecule has 0 saturated carbocycles. The number of nitrogens with zero attached hydrogens (tertiary/aromatic N) is 1. The van der Waals surface area contributed by atoms with E-state index >= 15 is 0 Å². The molecule has 0 aliphatic carbocycles. The van der Waals surface area contributed by atoms with E-state index < -0.39 is 26.6 Å². The predicted molar refractivity (Wildman–Crippen MR) is 77.7 cm³/mol. The Kier molecular flexibility index (Phi) is 4.90. The van der Waals surface area contributed by atoms with E-state index in [0.717, 1.165) is 25.0 Å². The van der Waals surface area contributed by atoms with Crippen molar-refractivity contribution in [2.75, 3.05) is 0 Å². The smallest absolute Gasteiger partial charge is 0.207 e. The zero-order valence-corrected chi connectivity index (χ0v) is 13.5. The highest BCUT2D eigenvalue weighted by Gasteiger charge is 2.40. The van der Waals surface area contributed by atoms with Gasteiger partial charge in [0.05, 0.1) is 0 Å². The third-order valence-corrected chi connectivity index (χ3v) is 6.32. The molecular formula is C14H18ClF2NO2S. The number of benzene rings is 1. The minimum absolute atomic E-state index is 0.0769. The van der Waals surface area contributed by atoms with Crippen molar-refractivity contribution in [3.05, 3.63) is 29.3 Å². The highest BCUT2D eigenvalue weighted by molar-refractivity contribution is 7.89. The molecule has 0 N–H and O–H groups in total. The molecule has 21 heavy (non-hydrogen) atoms. The van der Waals surface area contributed by atoms with E-state index in [-0.39, 0.29) is 23.5 Å². The first-order chi connectivity index (χ1) is 9.82. The Labute approximate surface area is 129 Å². The number of hydrogen-bond donors (Lipinski definition) is 0. The van der Waals surface area contributed by atoms with Gasteiger partial charge in [0.15, 0.2) is 11.6 Å². The van der Waals surface area contributed by atoms with Gasteiger partial charge in [0.25, 0.3) is 0 Å². The van der Waals surface area contributed by atoms with Crippen LogP contribution in [0.2, 0.25) is 0 Å². The van der Waals surface area contributed by atoms with Gasteiger partial charge in [-0.2, -0.15) is 4.31 Å². The summed E-state index contributed by atoms with van der Waals surface area (Å²) in [5.41, 5.74) is 0.244. The van der Waals surface area contributed by atoms with Crippen LogP contribution in [0.5, 0.6) is 0 Å². The first-order valence-electron chi connectivity index (χ1n) is 6.90. The summed E-state index contributed by atoms with van der Waals surface area (Å²) in [6, 6.07) is 1.65. The Balaban J connectivity index is 2.56. The van der Waals surface area contributed by atoms with Gasteiger partial charge < -0.3 is 0 Å². The van der Waals surface area contributed by atoms with Crippen LogP contribution in [0.3, 0.4) is 0 Å². The van der Waals surface area contributed by atoms with Gasteiger partial charge in [0, 0.05) is 18.0 Å². The highest BCUT2D eigenvalue weighted by Crippen LogP contribution is 2.34. The van der Waals surface area contributed by atoms with E-state index in [9.17, 15) is 17.2 Å². The Morgan fingerprint density at radius 3 is 2.57 bits per heavy atom. The summed E-state index contributed by atoms with van der Waals surface area (Å²) in [6.07, 6.45) is 2.09. The molecular weight excluding hydrogens is 320 g/mol. The molecule has 3 nitrogen and oxygen atoms in total. The first kappa shape index (κ1) is 16.6. The van der Waals surface area contributed by atoms with Crippen LogP contribution in [0.15, 0.2) is 17.0 Å². The summed E-state index contributed by atoms with van der Waals surface area (Å²) in [6.45, 7) is 3.67. The van der Waals surface area contributed by atoms with Gasteiger partial charge in [-0.3, -0.25) is 0 Å². The lowest BCUT2D eigenvalue weighted by atomic mass is 10.2. The SMILES string of the molecule is CCC1CCC(C)N1S(=O)(=O)c1cc(CCl)cc(F)c1F. The van der Waals surface area contributed by atoms with Crippen LogP contribution in [-0.4, -0.2) is 24.8 Å². The largest absolute Gasteiger partial charge is 0.246 e. The molecule has 1 aliphatic rings. The second-order valence-electron chi connectivity index (χ2n) is 5.35. The van der Waals surface area contributed by atoms with Crippen molar-refractivity contribution in [2.24, 2.45) is 0 Å². The van der Waals surface area contributed by atoms with Crippen molar-refractivity contribution >= 4 is 21.6 Å². The molecule has 1 aliphatic heterocycles. The van der Waals surface area contributed by atoms with Crippen molar-refractivity contribution in [3.8, 4) is 0 Å². The van der Waals surface area contributed by atoms with Crippen molar-refractivity contribution in [1.82, 2.24) is 4.31 Å². The topological polar surface area (TPSA) is 37.4 Å². The van der Waals surface area contributed by atoms with Crippen LogP contribution in [0.25, 0.3) is 0 Å². The number of sulfonamides is 1. The summed E-state index contributed by atoms with van der Waals surface area (Å²) in [5, 5.41) is 0. The molecule has 7 heteroatoms. The van der Waals surface area contributed by atoms with Crippen molar-refractivity contribution in [1.29, 1.82) is 0 Å². The summed E-state index contributed by atoms with van der Waals surface area (Å²) in [7, 11) is -4.08. The molecule has 0 spiro atoms. The van der Waals surface area contributed by atoms with Gasteiger partial charge in [0.1, 0.15) is 4.90 Å². The minimum Gasteiger partial charge on any atom is -0.207 e. The molecule has 0 bridgehead atoms. The van der Waals surface area contributed by atoms with Crippen molar-refractivity contribution in [2.45, 2.75) is 56.0 Å². The molecule has 0 radical (unpaired) electrons. The fourth-order valence-electron chi connectivity index (χ4n) is 2.86. The van der Waals surface area contributed by atoms with Gasteiger partial charge >= 0.3 is 0 Å². The molecule has 1 aromatic rings. The fourth-order valence-corrected chi connectivity index (χ4v) is 5.09. The Bertz CT molecular complexity index is 636. The summed E-state index contributed by atoms with van der Waals surface area (Å²) >= 11 is 5.62. The maximum atomic E-state index is 14.0. The molecule has 2 atom stereocenters. The molecule has 2 unspecified atom stereocenters. The average Bonchev–Trinajstić information content (AvgIpc) is 2.83. The molecule has 1 saturated heterocycles. The van der Waals surface area contributed by atoms with Gasteiger partial charge in [-0.1, -0.05) is 6.92 Å². The standard InChI is InChI=1S/C14H18ClF2NO2S/c1-3-11-5-4-9(2)18(11)21(19,20)13-7-10(8-15)6-12(16)14(13)17/h6-7,9,11H,3-5,8H2,1-2H3. The van der Waals surface area contributed by atoms with Crippen LogP contribution in [0, 0.1) is 11.6 Å². The van der Waals surface area contributed by atoms with Crippen LogP contribution >= 0.6 is 11.6 Å². The van der Waals surface area contributed by atoms with Gasteiger partial charge in [-0.15, -0.1) is 11.6 Å². The lowest BCUT2D eigenvalue weighted by Crippen LogP contribution is -2.40. The molecule has 1 fully saturated rings. The van der Waals surface area contributed by atoms with E-state index in [1.54, 1.807) is 6.92 Å². The monoisotopic (exact) mass is 337 g/mol. The first-order valence-corrected chi connectivity index (χ1v) is 8.87. The molecule has 0 amide bonds. The third-order valence-electron chi connectivity index (χ3n) is 3.95. The summed E-state index contributed by atoms with van der Waals surface area (Å²) in [5.74, 6) is -2.60. The zero-order valence-electron chi connectivity index (χ0n) is 11.9. The van der Waals surface area contributed by atoms with E-state index in [4.69, 9.17) is 11.6 Å². The zero-order chi connectivity index (χ0) is 15.8. The summed E-state index contributed by atoms with van der Waals surface area (Å²) < 4.78 is 54.4. The number of hydrogen-bond acceptors (Lipinski definition) is 2. The molecule has 1 aromatic carbocycles. The van der Waals surface area contributed by atoms with Crippen LogP contribution in [0.1, 0.15) is 38.7 Å². The quantitative estimate of drug-likeness (QED) is 0.786. The lowest BCUT2D eigenvalue weighted by Gasteiger charge is -2.27. The summed E-state index contributed by atoms with van der Waals surface area (Å²) in [4.78, 5) is -0.620. The fraction of sp³-hybridized carbons (Fsp3) is 0.571. The van der Waals surface area contributed by atoms with Gasteiger partial charge in [-0.25, -0.2) is 17.2 Å². The van der Waals surface area contributed by atoms with Gasteiger partial charge in [-0.05, 0) is 43.9 Å². The molecule has 0 aromatic heterocycles. The Hall–Kier alpha value is -0.720. The normalized spacial score (nSPS) is 23.7. The van der Waals surface area contributed by atoms with Crippen LogP contribution in [-0.2, 0) is 15.9 Å². The van der Waals surface area contributed by atoms with Gasteiger partial charge in [0.2, 0.25) is 10.0 Å². The van der Waals surface area contributed by atoms with Crippen molar-refractivity contribution in [3.63, 3.8) is 0 Å². The van der Waals surface area contributed by atoms with E-state index in [0.29, 0.717) is 6.42 Å². The van der Waals surface area contributed by atoms with Crippen molar-refractivity contribution < 1.29 is 17.2 Å². The molecule has 1 heterocycles. The van der Waals surface area contributed by atoms with E-state index in [2.05, 4.69) is 0 Å². The van der Waals surface area contributed by atoms with Crippen LogP contribution < -0.4 is 0 Å². The number of rotatable bonds is 4. The second-order valence-corrected chi connectivity index (χ2v) is 7.43. The molecule has 118 valence electrons. The third kappa shape index (κ3) is 2.94. The maximum Gasteiger partial charge on any atom is 0.246 e. The maximum absolute atomic E-state index is 14.0. The average molecular weight is 338 g/mol. The second kappa shape index (κ2) is 6.18. The minimum atomic E-state index is -4.08. The Morgan fingerprint density at radius 2 is 2.00 bits per heavy atom. The van der Waals surface area contributed by atoms with Crippen LogP contribution in [0.4, 0.5) is 8.78 Å². The number of halogens is 3. The highest BCUT2D eigenvalue weighted by atomic mass is 35.5. The van der Waals surface area contributed by atoms with E-state index in [1.165, 1.54) is 4.31 Å². The van der Waals surface area contributed by atoms with E-state index in [1.807, 2.05) is 6.92 Å². The number of alkyl halides is 1. The predicted octanol–water partition coefficient (Wildman–Crippen LogP) is 3.66. The lowest BCUT2D eigenvalue weighted by molar-refractivity contribution is 0.326.